The normalized spacial score (nSPS) is 10.9. The number of hydrogen-bond acceptors (Lipinski definition) is 3. The first-order valence-electron chi connectivity index (χ1n) is 7.93. The number of halogens is 1. The molecule has 1 amide bonds. The zero-order valence-electron chi connectivity index (χ0n) is 14.3. The summed E-state index contributed by atoms with van der Waals surface area (Å²) in [6, 6.07) is 8.70. The Bertz CT molecular complexity index is 971. The molecule has 0 saturated carbocycles. The molecule has 0 atom stereocenters. The summed E-state index contributed by atoms with van der Waals surface area (Å²) in [5.74, 6) is -0.167. The molecule has 1 heterocycles. The predicted molar refractivity (Wildman–Crippen MR) is 99.5 cm³/mol. The highest BCUT2D eigenvalue weighted by molar-refractivity contribution is 6.33. The van der Waals surface area contributed by atoms with Crippen molar-refractivity contribution in [1.82, 2.24) is 0 Å². The molecule has 4 nitrogen and oxygen atoms in total. The smallest absolute Gasteiger partial charge is 0.228 e. The number of benzene rings is 2. The Labute approximate surface area is 150 Å². The van der Waals surface area contributed by atoms with E-state index >= 15 is 0 Å². The van der Waals surface area contributed by atoms with Crippen molar-refractivity contribution in [2.24, 2.45) is 0 Å². The summed E-state index contributed by atoms with van der Waals surface area (Å²) in [5.41, 5.74) is 4.65. The molecule has 0 saturated heterocycles. The number of carbonyl (C=O) groups is 2. The Kier molecular flexibility index (Phi) is 4.64. The third-order valence-corrected chi connectivity index (χ3v) is 4.80. The summed E-state index contributed by atoms with van der Waals surface area (Å²) in [7, 11) is 0. The van der Waals surface area contributed by atoms with Gasteiger partial charge in [0.05, 0.1) is 12.7 Å². The van der Waals surface area contributed by atoms with Gasteiger partial charge < -0.3 is 9.73 Å². The Morgan fingerprint density at radius 2 is 1.84 bits per heavy atom. The first-order valence-corrected chi connectivity index (χ1v) is 8.31. The molecule has 5 heteroatoms. The number of nitrogens with one attached hydrogen (secondary N) is 1. The summed E-state index contributed by atoms with van der Waals surface area (Å²) < 4.78 is 5.58. The lowest BCUT2D eigenvalue weighted by Gasteiger charge is -2.07. The van der Waals surface area contributed by atoms with E-state index < -0.39 is 0 Å². The summed E-state index contributed by atoms with van der Waals surface area (Å²) in [6.07, 6.45) is 1.79. The topological polar surface area (TPSA) is 59.3 Å². The van der Waals surface area contributed by atoms with Crippen LogP contribution in [0.1, 0.15) is 34.0 Å². The second kappa shape index (κ2) is 6.73. The number of Topliss-reactive ketones (excluding diaryl/α,β-unsaturated/α-hetero) is 1. The van der Waals surface area contributed by atoms with Crippen molar-refractivity contribution in [3.8, 4) is 0 Å². The number of ketones is 1. The molecule has 0 fully saturated rings. The number of hydrogen-bond donors (Lipinski definition) is 1. The van der Waals surface area contributed by atoms with Gasteiger partial charge in [0.25, 0.3) is 0 Å². The average Bonchev–Trinajstić information content (AvgIpc) is 2.95. The lowest BCUT2D eigenvalue weighted by Crippen LogP contribution is -2.14. The second-order valence-electron chi connectivity index (χ2n) is 6.13. The Hall–Kier alpha value is -2.59. The van der Waals surface area contributed by atoms with Crippen molar-refractivity contribution in [3.63, 3.8) is 0 Å². The van der Waals surface area contributed by atoms with Crippen LogP contribution >= 0.6 is 11.6 Å². The number of fused-ring (bicyclic) bond motifs is 1. The summed E-state index contributed by atoms with van der Waals surface area (Å²) in [4.78, 5) is 23.6. The highest BCUT2D eigenvalue weighted by atomic mass is 35.5. The summed E-state index contributed by atoms with van der Waals surface area (Å²) >= 11 is 6.32. The van der Waals surface area contributed by atoms with Gasteiger partial charge in [-0.1, -0.05) is 11.6 Å². The second-order valence-corrected chi connectivity index (χ2v) is 6.50. The van der Waals surface area contributed by atoms with E-state index in [1.807, 2.05) is 19.9 Å². The quantitative estimate of drug-likeness (QED) is 0.663. The van der Waals surface area contributed by atoms with Crippen LogP contribution in [0.4, 0.5) is 5.69 Å². The van der Waals surface area contributed by atoms with Gasteiger partial charge in [0.1, 0.15) is 5.58 Å². The molecule has 1 N–H and O–H groups in total. The molecule has 0 unspecified atom stereocenters. The van der Waals surface area contributed by atoms with Crippen molar-refractivity contribution in [2.75, 3.05) is 5.32 Å². The highest BCUT2D eigenvalue weighted by Crippen LogP contribution is 2.32. The molecular formula is C20H18ClNO3. The standard InChI is InChI=1S/C20H18ClNO3/c1-11-8-17-19(12(2)20(11)21)15(10-25-17)9-18(24)22-16-6-4-14(5-7-16)13(3)23/h4-8,10H,9H2,1-3H3,(H,22,24). The van der Waals surface area contributed by atoms with Crippen LogP contribution in [0.2, 0.25) is 5.02 Å². The fourth-order valence-electron chi connectivity index (χ4n) is 2.90. The van der Waals surface area contributed by atoms with Crippen molar-refractivity contribution < 1.29 is 14.0 Å². The van der Waals surface area contributed by atoms with Gasteiger partial charge in [0.15, 0.2) is 5.78 Å². The van der Waals surface area contributed by atoms with Gasteiger partial charge in [-0.15, -0.1) is 0 Å². The lowest BCUT2D eigenvalue weighted by atomic mass is 10.0. The number of carbonyl (C=O) groups excluding carboxylic acids is 2. The van der Waals surface area contributed by atoms with Crippen LogP contribution in [-0.4, -0.2) is 11.7 Å². The molecule has 0 bridgehead atoms. The van der Waals surface area contributed by atoms with E-state index in [0.717, 1.165) is 27.7 Å². The van der Waals surface area contributed by atoms with Crippen molar-refractivity contribution >= 4 is 39.9 Å². The van der Waals surface area contributed by atoms with Crippen molar-refractivity contribution in [1.29, 1.82) is 0 Å². The Balaban J connectivity index is 1.80. The van der Waals surface area contributed by atoms with E-state index in [9.17, 15) is 9.59 Å². The number of rotatable bonds is 4. The monoisotopic (exact) mass is 355 g/mol. The van der Waals surface area contributed by atoms with E-state index in [1.165, 1.54) is 6.92 Å². The van der Waals surface area contributed by atoms with Gasteiger partial charge in [-0.2, -0.15) is 0 Å². The van der Waals surface area contributed by atoms with Crippen LogP contribution in [0, 0.1) is 13.8 Å². The maximum atomic E-state index is 12.4. The SMILES string of the molecule is CC(=O)c1ccc(NC(=O)Cc2coc3cc(C)c(Cl)c(C)c23)cc1. The molecule has 2 aromatic carbocycles. The first-order chi connectivity index (χ1) is 11.9. The zero-order valence-corrected chi connectivity index (χ0v) is 15.0. The van der Waals surface area contributed by atoms with Gasteiger partial charge >= 0.3 is 0 Å². The van der Waals surface area contributed by atoms with Crippen LogP contribution in [-0.2, 0) is 11.2 Å². The summed E-state index contributed by atoms with van der Waals surface area (Å²) in [6.45, 7) is 5.36. The third-order valence-electron chi connectivity index (χ3n) is 4.22. The third kappa shape index (κ3) is 3.44. The zero-order chi connectivity index (χ0) is 18.1. The van der Waals surface area contributed by atoms with Crippen LogP contribution in [0.15, 0.2) is 41.0 Å². The maximum Gasteiger partial charge on any atom is 0.228 e. The van der Waals surface area contributed by atoms with Crippen molar-refractivity contribution in [3.05, 3.63) is 63.9 Å². The van der Waals surface area contributed by atoms with E-state index in [4.69, 9.17) is 16.0 Å². The van der Waals surface area contributed by atoms with E-state index in [1.54, 1.807) is 30.5 Å². The molecule has 0 aliphatic carbocycles. The van der Waals surface area contributed by atoms with Crippen LogP contribution in [0.5, 0.6) is 0 Å². The van der Waals surface area contributed by atoms with Crippen LogP contribution in [0.25, 0.3) is 11.0 Å². The van der Waals surface area contributed by atoms with E-state index in [-0.39, 0.29) is 18.1 Å². The number of aryl methyl sites for hydroxylation is 2. The van der Waals surface area contributed by atoms with Gasteiger partial charge in [-0.3, -0.25) is 9.59 Å². The first kappa shape index (κ1) is 17.2. The van der Waals surface area contributed by atoms with E-state index in [0.29, 0.717) is 16.3 Å². The maximum absolute atomic E-state index is 12.4. The molecule has 128 valence electrons. The number of anilines is 1. The predicted octanol–water partition coefficient (Wildman–Crippen LogP) is 5.09. The Morgan fingerprint density at radius 1 is 1.16 bits per heavy atom. The minimum Gasteiger partial charge on any atom is -0.464 e. The number of furan rings is 1. The highest BCUT2D eigenvalue weighted by Gasteiger charge is 2.16. The molecule has 3 aromatic rings. The van der Waals surface area contributed by atoms with Crippen molar-refractivity contribution in [2.45, 2.75) is 27.2 Å². The molecule has 25 heavy (non-hydrogen) atoms. The number of amides is 1. The minimum atomic E-state index is -0.158. The largest absolute Gasteiger partial charge is 0.464 e. The molecule has 0 aliphatic heterocycles. The fourth-order valence-corrected chi connectivity index (χ4v) is 3.05. The minimum absolute atomic E-state index is 0.00890. The fraction of sp³-hybridized carbons (Fsp3) is 0.200. The molecule has 0 spiro atoms. The molecule has 3 rings (SSSR count). The van der Waals surface area contributed by atoms with Crippen LogP contribution in [0.3, 0.4) is 0 Å². The summed E-state index contributed by atoms with van der Waals surface area (Å²) in [5, 5.41) is 4.41. The van der Waals surface area contributed by atoms with Gasteiger partial charge in [0.2, 0.25) is 5.91 Å². The van der Waals surface area contributed by atoms with Gasteiger partial charge in [-0.05, 0) is 62.2 Å². The van der Waals surface area contributed by atoms with E-state index in [2.05, 4.69) is 5.32 Å². The molecule has 0 radical (unpaired) electrons. The van der Waals surface area contributed by atoms with Crippen LogP contribution < -0.4 is 5.32 Å². The molecule has 1 aromatic heterocycles. The average molecular weight is 356 g/mol. The van der Waals surface area contributed by atoms with Gasteiger partial charge in [-0.25, -0.2) is 0 Å². The Morgan fingerprint density at radius 3 is 2.48 bits per heavy atom. The van der Waals surface area contributed by atoms with Gasteiger partial charge in [0, 0.05) is 27.2 Å². The molecule has 0 aliphatic rings. The lowest BCUT2D eigenvalue weighted by molar-refractivity contribution is -0.115. The molecular weight excluding hydrogens is 338 g/mol.